The second-order valence-electron chi connectivity index (χ2n) is 7.28. The van der Waals surface area contributed by atoms with E-state index in [0.29, 0.717) is 29.8 Å². The van der Waals surface area contributed by atoms with Gasteiger partial charge in [-0.1, -0.05) is 0 Å². The van der Waals surface area contributed by atoms with Gasteiger partial charge in [0.2, 0.25) is 5.91 Å². The van der Waals surface area contributed by atoms with E-state index in [9.17, 15) is 14.4 Å². The number of fused-ring (bicyclic) bond motifs is 1. The fourth-order valence-electron chi connectivity index (χ4n) is 3.59. The number of nitrogens with one attached hydrogen (secondary N) is 2. The predicted molar refractivity (Wildman–Crippen MR) is 109 cm³/mol. The minimum Gasteiger partial charge on any atom is -0.484 e. The van der Waals surface area contributed by atoms with Crippen LogP contribution in [0.15, 0.2) is 42.5 Å². The van der Waals surface area contributed by atoms with Crippen molar-refractivity contribution in [1.29, 1.82) is 0 Å². The number of hydrogen-bond acceptors (Lipinski definition) is 4. The molecular weight excluding hydrogens is 370 g/mol. The molecule has 1 saturated heterocycles. The van der Waals surface area contributed by atoms with Gasteiger partial charge in [-0.3, -0.25) is 14.4 Å². The van der Waals surface area contributed by atoms with Crippen molar-refractivity contribution >= 4 is 29.1 Å². The summed E-state index contributed by atoms with van der Waals surface area (Å²) < 4.78 is 5.58. The lowest BCUT2D eigenvalue weighted by Gasteiger charge is -2.17. The lowest BCUT2D eigenvalue weighted by molar-refractivity contribution is -0.118. The Morgan fingerprint density at radius 1 is 1.03 bits per heavy atom. The van der Waals surface area contributed by atoms with Gasteiger partial charge in [0, 0.05) is 36.4 Å². The molecule has 0 bridgehead atoms. The van der Waals surface area contributed by atoms with Gasteiger partial charge in [-0.2, -0.15) is 0 Å². The number of carbonyl (C=O) groups excluding carboxylic acids is 3. The van der Waals surface area contributed by atoms with Gasteiger partial charge >= 0.3 is 0 Å². The van der Waals surface area contributed by atoms with E-state index in [1.165, 1.54) is 0 Å². The van der Waals surface area contributed by atoms with E-state index < -0.39 is 0 Å². The number of carbonyl (C=O) groups is 3. The Balaban J connectivity index is 1.29. The molecule has 2 aromatic rings. The number of anilines is 2. The molecule has 1 fully saturated rings. The van der Waals surface area contributed by atoms with Crippen LogP contribution in [0, 0.1) is 0 Å². The van der Waals surface area contributed by atoms with Crippen molar-refractivity contribution in [2.75, 3.05) is 30.3 Å². The minimum atomic E-state index is -0.283. The third-order valence-electron chi connectivity index (χ3n) is 5.15. The van der Waals surface area contributed by atoms with Gasteiger partial charge in [0.1, 0.15) is 5.75 Å². The van der Waals surface area contributed by atoms with Crippen LogP contribution in [0.1, 0.15) is 35.2 Å². The van der Waals surface area contributed by atoms with Crippen molar-refractivity contribution < 1.29 is 19.1 Å². The maximum atomic E-state index is 12.4. The van der Waals surface area contributed by atoms with Gasteiger partial charge in [0.05, 0.1) is 0 Å². The summed E-state index contributed by atoms with van der Waals surface area (Å²) >= 11 is 0. The molecule has 150 valence electrons. The molecule has 0 aromatic heterocycles. The predicted octanol–water partition coefficient (Wildman–Crippen LogP) is 2.82. The first kappa shape index (κ1) is 19.0. The second kappa shape index (κ2) is 8.34. The number of likely N-dealkylation sites (tertiary alicyclic amines) is 1. The fraction of sp³-hybridized carbons (Fsp3) is 0.318. The Morgan fingerprint density at radius 3 is 2.55 bits per heavy atom. The van der Waals surface area contributed by atoms with Crippen LogP contribution in [-0.4, -0.2) is 42.3 Å². The monoisotopic (exact) mass is 393 g/mol. The highest BCUT2D eigenvalue weighted by molar-refractivity contribution is 5.96. The lowest BCUT2D eigenvalue weighted by atomic mass is 10.0. The van der Waals surface area contributed by atoms with Crippen molar-refractivity contribution in [3.63, 3.8) is 0 Å². The number of aryl methyl sites for hydroxylation is 1. The third kappa shape index (κ3) is 4.56. The van der Waals surface area contributed by atoms with Crippen LogP contribution in [0.2, 0.25) is 0 Å². The molecule has 0 aliphatic carbocycles. The highest BCUT2D eigenvalue weighted by Gasteiger charge is 2.19. The SMILES string of the molecule is O=C(COc1ccc2c(c1)CCC(=O)N2)Nc1ccc(C(=O)N2CCCC2)cc1. The van der Waals surface area contributed by atoms with Crippen LogP contribution in [0.3, 0.4) is 0 Å². The Labute approximate surface area is 169 Å². The van der Waals surface area contributed by atoms with Crippen molar-refractivity contribution in [2.24, 2.45) is 0 Å². The largest absolute Gasteiger partial charge is 0.484 e. The number of benzene rings is 2. The molecule has 0 spiro atoms. The molecule has 7 nitrogen and oxygen atoms in total. The van der Waals surface area contributed by atoms with Crippen LogP contribution in [0.5, 0.6) is 5.75 Å². The molecular formula is C22H23N3O4. The van der Waals surface area contributed by atoms with Crippen LogP contribution in [-0.2, 0) is 16.0 Å². The summed E-state index contributed by atoms with van der Waals surface area (Å²) in [6, 6.07) is 12.3. The van der Waals surface area contributed by atoms with Crippen molar-refractivity contribution in [3.05, 3.63) is 53.6 Å². The maximum absolute atomic E-state index is 12.4. The molecule has 4 rings (SSSR count). The standard InChI is InChI=1S/C22H23N3O4/c26-20-10-5-16-13-18(8-9-19(16)24-20)29-14-21(27)23-17-6-3-15(4-7-17)22(28)25-11-1-2-12-25/h3-4,6-9,13H,1-2,5,10-12,14H2,(H,23,27)(H,24,26). The number of amides is 3. The van der Waals surface area contributed by atoms with E-state index in [4.69, 9.17) is 4.74 Å². The topological polar surface area (TPSA) is 87.7 Å². The quantitative estimate of drug-likeness (QED) is 0.818. The summed E-state index contributed by atoms with van der Waals surface area (Å²) in [4.78, 5) is 37.8. The van der Waals surface area contributed by atoms with Crippen LogP contribution in [0.4, 0.5) is 11.4 Å². The Hall–Kier alpha value is -3.35. The molecule has 0 saturated carbocycles. The fourth-order valence-corrected chi connectivity index (χ4v) is 3.59. The zero-order valence-corrected chi connectivity index (χ0v) is 16.1. The minimum absolute atomic E-state index is 0.0127. The first-order valence-electron chi connectivity index (χ1n) is 9.83. The van der Waals surface area contributed by atoms with E-state index in [2.05, 4.69) is 10.6 Å². The molecule has 0 radical (unpaired) electrons. The van der Waals surface area contributed by atoms with Crippen LogP contribution < -0.4 is 15.4 Å². The number of rotatable bonds is 5. The third-order valence-corrected chi connectivity index (χ3v) is 5.15. The number of hydrogen-bond donors (Lipinski definition) is 2. The van der Waals surface area contributed by atoms with Crippen molar-refractivity contribution in [3.8, 4) is 5.75 Å². The average molecular weight is 393 g/mol. The zero-order valence-electron chi connectivity index (χ0n) is 16.1. The molecule has 0 unspecified atom stereocenters. The van der Waals surface area contributed by atoms with Gasteiger partial charge in [-0.15, -0.1) is 0 Å². The molecule has 2 aliphatic heterocycles. The van der Waals surface area contributed by atoms with E-state index in [0.717, 1.165) is 37.2 Å². The lowest BCUT2D eigenvalue weighted by Crippen LogP contribution is -2.27. The van der Waals surface area contributed by atoms with Crippen molar-refractivity contribution in [1.82, 2.24) is 4.90 Å². The molecule has 2 heterocycles. The summed E-state index contributed by atoms with van der Waals surface area (Å²) in [5.74, 6) is 0.349. The molecule has 0 atom stereocenters. The van der Waals surface area contributed by atoms with E-state index in [-0.39, 0.29) is 24.3 Å². The molecule has 2 N–H and O–H groups in total. The van der Waals surface area contributed by atoms with E-state index in [1.807, 2.05) is 11.0 Å². The highest BCUT2D eigenvalue weighted by Crippen LogP contribution is 2.26. The highest BCUT2D eigenvalue weighted by atomic mass is 16.5. The first-order valence-corrected chi connectivity index (χ1v) is 9.83. The molecule has 2 aromatic carbocycles. The van der Waals surface area contributed by atoms with Gasteiger partial charge in [-0.05, 0) is 67.3 Å². The van der Waals surface area contributed by atoms with Gasteiger partial charge in [0.25, 0.3) is 11.8 Å². The molecule has 7 heteroatoms. The Bertz CT molecular complexity index is 934. The average Bonchev–Trinajstić information content (AvgIpc) is 3.27. The first-order chi connectivity index (χ1) is 14.1. The Morgan fingerprint density at radius 2 is 1.79 bits per heavy atom. The van der Waals surface area contributed by atoms with Crippen molar-refractivity contribution in [2.45, 2.75) is 25.7 Å². The molecule has 3 amide bonds. The number of nitrogens with zero attached hydrogens (tertiary/aromatic N) is 1. The number of ether oxygens (including phenoxy) is 1. The summed E-state index contributed by atoms with van der Waals surface area (Å²) in [5.41, 5.74) is 3.04. The van der Waals surface area contributed by atoms with E-state index in [1.54, 1.807) is 36.4 Å². The van der Waals surface area contributed by atoms with Gasteiger partial charge in [0.15, 0.2) is 6.61 Å². The Kier molecular flexibility index (Phi) is 5.46. The second-order valence-corrected chi connectivity index (χ2v) is 7.28. The van der Waals surface area contributed by atoms with Gasteiger partial charge in [-0.25, -0.2) is 0 Å². The van der Waals surface area contributed by atoms with E-state index >= 15 is 0 Å². The normalized spacial score (nSPS) is 15.4. The zero-order chi connectivity index (χ0) is 20.2. The smallest absolute Gasteiger partial charge is 0.262 e. The van der Waals surface area contributed by atoms with Crippen LogP contribution in [0.25, 0.3) is 0 Å². The van der Waals surface area contributed by atoms with Crippen LogP contribution >= 0.6 is 0 Å². The summed E-state index contributed by atoms with van der Waals surface area (Å²) in [6.45, 7) is 1.49. The summed E-state index contributed by atoms with van der Waals surface area (Å²) in [5, 5.41) is 5.58. The van der Waals surface area contributed by atoms with Gasteiger partial charge < -0.3 is 20.3 Å². The summed E-state index contributed by atoms with van der Waals surface area (Å²) in [7, 11) is 0. The molecule has 29 heavy (non-hydrogen) atoms. The molecule has 2 aliphatic rings. The maximum Gasteiger partial charge on any atom is 0.262 e. The summed E-state index contributed by atoms with van der Waals surface area (Å²) in [6.07, 6.45) is 3.22.